The maximum Gasteiger partial charge on any atom is 0.254 e. The summed E-state index contributed by atoms with van der Waals surface area (Å²) in [7, 11) is 0. The van der Waals surface area contributed by atoms with Gasteiger partial charge in [0.2, 0.25) is 0 Å². The average Bonchev–Trinajstić information content (AvgIpc) is 2.36. The molecule has 1 fully saturated rings. The van der Waals surface area contributed by atoms with Crippen LogP contribution in [0.1, 0.15) is 35.2 Å². The Balaban J connectivity index is 2.27. The molecule has 0 bridgehead atoms. The van der Waals surface area contributed by atoms with Crippen LogP contribution in [0, 0.1) is 18.6 Å². The van der Waals surface area contributed by atoms with E-state index in [-0.39, 0.29) is 17.0 Å². The number of benzene rings is 1. The summed E-state index contributed by atoms with van der Waals surface area (Å²) in [6.07, 6.45) is 3.09. The van der Waals surface area contributed by atoms with Gasteiger partial charge in [-0.2, -0.15) is 0 Å². The molecule has 0 saturated carbocycles. The van der Waals surface area contributed by atoms with E-state index in [2.05, 4.69) is 0 Å². The van der Waals surface area contributed by atoms with Gasteiger partial charge in [-0.15, -0.1) is 0 Å². The van der Waals surface area contributed by atoms with Gasteiger partial charge < -0.3 is 4.90 Å². The zero-order valence-electron chi connectivity index (χ0n) is 9.80. The van der Waals surface area contributed by atoms with E-state index in [0.29, 0.717) is 13.1 Å². The first kappa shape index (κ1) is 12.0. The molecular formula is C13H15F2NO. The maximum absolute atomic E-state index is 13.4. The van der Waals surface area contributed by atoms with Crippen molar-refractivity contribution in [3.05, 3.63) is 34.9 Å². The molecule has 2 nitrogen and oxygen atoms in total. The SMILES string of the molecule is Cc1c(C(=O)N2CCCCC2)ccc(F)c1F. The topological polar surface area (TPSA) is 20.3 Å². The fourth-order valence-electron chi connectivity index (χ4n) is 2.15. The summed E-state index contributed by atoms with van der Waals surface area (Å²) >= 11 is 0. The van der Waals surface area contributed by atoms with Crippen LogP contribution in [0.3, 0.4) is 0 Å². The van der Waals surface area contributed by atoms with Crippen LogP contribution < -0.4 is 0 Å². The fourth-order valence-corrected chi connectivity index (χ4v) is 2.15. The second-order valence-electron chi connectivity index (χ2n) is 4.39. The third-order valence-corrected chi connectivity index (χ3v) is 3.21. The van der Waals surface area contributed by atoms with Gasteiger partial charge in [-0.1, -0.05) is 0 Å². The van der Waals surface area contributed by atoms with Crippen LogP contribution in [0.4, 0.5) is 8.78 Å². The highest BCUT2D eigenvalue weighted by molar-refractivity contribution is 5.95. The van der Waals surface area contributed by atoms with Crippen LogP contribution in [-0.2, 0) is 0 Å². The van der Waals surface area contributed by atoms with E-state index in [0.717, 1.165) is 25.3 Å². The minimum absolute atomic E-state index is 0.0978. The lowest BCUT2D eigenvalue weighted by molar-refractivity contribution is 0.0723. The smallest absolute Gasteiger partial charge is 0.254 e. The number of amides is 1. The van der Waals surface area contributed by atoms with Gasteiger partial charge in [0, 0.05) is 24.2 Å². The number of carbonyl (C=O) groups excluding carboxylic acids is 1. The van der Waals surface area contributed by atoms with Crippen molar-refractivity contribution in [1.82, 2.24) is 4.90 Å². The van der Waals surface area contributed by atoms with Crippen molar-refractivity contribution in [3.63, 3.8) is 0 Å². The summed E-state index contributed by atoms with van der Waals surface area (Å²) in [6, 6.07) is 2.38. The number of nitrogens with zero attached hydrogens (tertiary/aromatic N) is 1. The lowest BCUT2D eigenvalue weighted by Gasteiger charge is -2.27. The Bertz CT molecular complexity index is 439. The summed E-state index contributed by atoms with van der Waals surface area (Å²) in [4.78, 5) is 13.8. The van der Waals surface area contributed by atoms with E-state index in [1.807, 2.05) is 0 Å². The molecule has 1 aliphatic heterocycles. The van der Waals surface area contributed by atoms with Crippen LogP contribution in [0.15, 0.2) is 12.1 Å². The van der Waals surface area contributed by atoms with Crippen LogP contribution in [0.5, 0.6) is 0 Å². The molecule has 1 aromatic carbocycles. The lowest BCUT2D eigenvalue weighted by atomic mass is 10.0. The largest absolute Gasteiger partial charge is 0.339 e. The first-order valence-electron chi connectivity index (χ1n) is 5.85. The van der Waals surface area contributed by atoms with E-state index in [1.165, 1.54) is 13.0 Å². The standard InChI is InChI=1S/C13H15F2NO/c1-9-10(5-6-11(14)12(9)15)13(17)16-7-3-2-4-8-16/h5-6H,2-4,7-8H2,1H3. The third-order valence-electron chi connectivity index (χ3n) is 3.21. The summed E-state index contributed by atoms with van der Waals surface area (Å²) in [6.45, 7) is 2.85. The molecule has 1 aliphatic rings. The molecule has 1 amide bonds. The van der Waals surface area contributed by atoms with Crippen LogP contribution >= 0.6 is 0 Å². The maximum atomic E-state index is 13.4. The molecule has 1 heterocycles. The van der Waals surface area contributed by atoms with Gasteiger partial charge in [0.05, 0.1) is 0 Å². The molecular weight excluding hydrogens is 224 g/mol. The van der Waals surface area contributed by atoms with Gasteiger partial charge in [-0.05, 0) is 38.3 Å². The highest BCUT2D eigenvalue weighted by Gasteiger charge is 2.21. The average molecular weight is 239 g/mol. The minimum atomic E-state index is -0.923. The van der Waals surface area contributed by atoms with E-state index in [1.54, 1.807) is 4.90 Å². The molecule has 92 valence electrons. The predicted molar refractivity (Wildman–Crippen MR) is 60.8 cm³/mol. The van der Waals surface area contributed by atoms with Crippen LogP contribution in [0.2, 0.25) is 0 Å². The minimum Gasteiger partial charge on any atom is -0.339 e. The van der Waals surface area contributed by atoms with E-state index in [4.69, 9.17) is 0 Å². The Kier molecular flexibility index (Phi) is 3.41. The van der Waals surface area contributed by atoms with E-state index in [9.17, 15) is 13.6 Å². The fraction of sp³-hybridized carbons (Fsp3) is 0.462. The van der Waals surface area contributed by atoms with E-state index >= 15 is 0 Å². The van der Waals surface area contributed by atoms with Crippen molar-refractivity contribution in [2.45, 2.75) is 26.2 Å². The van der Waals surface area contributed by atoms with Crippen molar-refractivity contribution >= 4 is 5.91 Å². The molecule has 1 saturated heterocycles. The number of rotatable bonds is 1. The Hall–Kier alpha value is -1.45. The van der Waals surface area contributed by atoms with Gasteiger partial charge in [0.1, 0.15) is 0 Å². The molecule has 0 spiro atoms. The molecule has 17 heavy (non-hydrogen) atoms. The molecule has 2 rings (SSSR count). The molecule has 0 atom stereocenters. The Labute approximate surface area is 99.2 Å². The van der Waals surface area contributed by atoms with Gasteiger partial charge >= 0.3 is 0 Å². The number of hydrogen-bond acceptors (Lipinski definition) is 1. The molecule has 0 aliphatic carbocycles. The summed E-state index contributed by atoms with van der Waals surface area (Å²) < 4.78 is 26.3. The molecule has 4 heteroatoms. The molecule has 0 unspecified atom stereocenters. The van der Waals surface area contributed by atoms with Crippen molar-refractivity contribution in [2.75, 3.05) is 13.1 Å². The van der Waals surface area contributed by atoms with Gasteiger partial charge in [-0.25, -0.2) is 8.78 Å². The van der Waals surface area contributed by atoms with Gasteiger partial charge in [0.15, 0.2) is 11.6 Å². The monoisotopic (exact) mass is 239 g/mol. The lowest BCUT2D eigenvalue weighted by Crippen LogP contribution is -2.36. The van der Waals surface area contributed by atoms with Crippen molar-refractivity contribution < 1.29 is 13.6 Å². The summed E-state index contributed by atoms with van der Waals surface area (Å²) in [5.41, 5.74) is 0.367. The third kappa shape index (κ3) is 2.30. The summed E-state index contributed by atoms with van der Waals surface area (Å²) in [5, 5.41) is 0. The normalized spacial score (nSPS) is 16.1. The van der Waals surface area contributed by atoms with Crippen molar-refractivity contribution in [2.24, 2.45) is 0 Å². The number of hydrogen-bond donors (Lipinski definition) is 0. The van der Waals surface area contributed by atoms with Gasteiger partial charge in [-0.3, -0.25) is 4.79 Å². The second-order valence-corrected chi connectivity index (χ2v) is 4.39. The predicted octanol–water partition coefficient (Wildman–Crippen LogP) is 2.90. The number of halogens is 2. The zero-order chi connectivity index (χ0) is 12.4. The zero-order valence-corrected chi connectivity index (χ0v) is 9.80. The van der Waals surface area contributed by atoms with E-state index < -0.39 is 11.6 Å². The first-order valence-corrected chi connectivity index (χ1v) is 5.85. The van der Waals surface area contributed by atoms with Crippen molar-refractivity contribution in [1.29, 1.82) is 0 Å². The summed E-state index contributed by atoms with van der Waals surface area (Å²) in [5.74, 6) is -2.02. The van der Waals surface area contributed by atoms with Gasteiger partial charge in [0.25, 0.3) is 5.91 Å². The highest BCUT2D eigenvalue weighted by atomic mass is 19.2. The number of carbonyl (C=O) groups is 1. The van der Waals surface area contributed by atoms with Crippen LogP contribution in [0.25, 0.3) is 0 Å². The highest BCUT2D eigenvalue weighted by Crippen LogP contribution is 2.19. The molecule has 0 aromatic heterocycles. The second kappa shape index (κ2) is 4.82. The van der Waals surface area contributed by atoms with Crippen LogP contribution in [-0.4, -0.2) is 23.9 Å². The Morgan fingerprint density at radius 3 is 2.47 bits per heavy atom. The Morgan fingerprint density at radius 2 is 1.82 bits per heavy atom. The quantitative estimate of drug-likeness (QED) is 0.738. The number of piperidine rings is 1. The first-order chi connectivity index (χ1) is 8.11. The van der Waals surface area contributed by atoms with Crippen molar-refractivity contribution in [3.8, 4) is 0 Å². The molecule has 0 radical (unpaired) electrons. The molecule has 1 aromatic rings. The number of likely N-dealkylation sites (tertiary alicyclic amines) is 1. The Morgan fingerprint density at radius 1 is 1.18 bits per heavy atom. The molecule has 0 N–H and O–H groups in total.